The van der Waals surface area contributed by atoms with Gasteiger partial charge in [-0.05, 0) is 37.8 Å². The molecule has 1 aromatic rings. The van der Waals surface area contributed by atoms with E-state index in [9.17, 15) is 8.42 Å². The van der Waals surface area contributed by atoms with E-state index in [1.807, 2.05) is 13.0 Å². The first-order valence-electron chi connectivity index (χ1n) is 7.78. The fraction of sp³-hybridized carbons (Fsp3) is 0.625. The number of hydrogen-bond acceptors (Lipinski definition) is 4. The molecule has 2 rings (SSSR count). The summed E-state index contributed by atoms with van der Waals surface area (Å²) in [6, 6.07) is 6.89. The topological polar surface area (TPSA) is 69.4 Å². The summed E-state index contributed by atoms with van der Waals surface area (Å²) in [4.78, 5) is 0.295. The van der Waals surface area contributed by atoms with E-state index in [2.05, 4.69) is 0 Å². The summed E-state index contributed by atoms with van der Waals surface area (Å²) >= 11 is 0. The van der Waals surface area contributed by atoms with Gasteiger partial charge in [-0.1, -0.05) is 31.9 Å². The molecule has 2 unspecified atom stereocenters. The van der Waals surface area contributed by atoms with Crippen LogP contribution >= 0.6 is 0 Å². The SMILES string of the molecule is CCCS(=O)(=O)c1ccccc1OC1CCCCCC1N. The van der Waals surface area contributed by atoms with Crippen LogP contribution in [0, 0.1) is 0 Å². The van der Waals surface area contributed by atoms with Crippen molar-refractivity contribution >= 4 is 9.84 Å². The van der Waals surface area contributed by atoms with E-state index in [1.165, 1.54) is 6.42 Å². The molecule has 4 nitrogen and oxygen atoms in total. The van der Waals surface area contributed by atoms with Gasteiger partial charge in [-0.25, -0.2) is 8.42 Å². The summed E-state index contributed by atoms with van der Waals surface area (Å²) in [6.07, 6.45) is 5.71. The molecule has 118 valence electrons. The monoisotopic (exact) mass is 311 g/mol. The van der Waals surface area contributed by atoms with Gasteiger partial charge in [-0.2, -0.15) is 0 Å². The van der Waals surface area contributed by atoms with Crippen molar-refractivity contribution in [2.45, 2.75) is 62.5 Å². The normalized spacial score (nSPS) is 23.5. The van der Waals surface area contributed by atoms with Crippen LogP contribution in [0.5, 0.6) is 5.75 Å². The highest BCUT2D eigenvalue weighted by Crippen LogP contribution is 2.28. The van der Waals surface area contributed by atoms with Gasteiger partial charge in [0.05, 0.1) is 5.75 Å². The molecule has 2 atom stereocenters. The Hall–Kier alpha value is -1.07. The standard InChI is InChI=1S/C16H25NO3S/c1-2-12-21(18,19)16-11-7-6-10-15(16)20-14-9-5-3-4-8-13(14)17/h6-7,10-11,13-14H,2-5,8-9,12,17H2,1H3. The highest BCUT2D eigenvalue weighted by Gasteiger charge is 2.25. The van der Waals surface area contributed by atoms with Gasteiger partial charge in [-0.3, -0.25) is 0 Å². The second-order valence-corrected chi connectivity index (χ2v) is 7.80. The lowest BCUT2D eigenvalue weighted by Crippen LogP contribution is -2.38. The molecular weight excluding hydrogens is 286 g/mol. The number of benzene rings is 1. The minimum absolute atomic E-state index is 0.0190. The molecule has 0 saturated heterocycles. The largest absolute Gasteiger partial charge is 0.487 e. The lowest BCUT2D eigenvalue weighted by molar-refractivity contribution is 0.158. The van der Waals surface area contributed by atoms with Crippen molar-refractivity contribution in [1.82, 2.24) is 0 Å². The zero-order valence-electron chi connectivity index (χ0n) is 12.6. The maximum atomic E-state index is 12.3. The third-order valence-corrected chi connectivity index (χ3v) is 5.89. The maximum Gasteiger partial charge on any atom is 0.182 e. The van der Waals surface area contributed by atoms with Gasteiger partial charge in [-0.15, -0.1) is 0 Å². The molecule has 0 spiro atoms. The average Bonchev–Trinajstić information content (AvgIpc) is 2.65. The quantitative estimate of drug-likeness (QED) is 0.849. The maximum absolute atomic E-state index is 12.3. The minimum atomic E-state index is -3.28. The van der Waals surface area contributed by atoms with Crippen molar-refractivity contribution in [2.24, 2.45) is 5.73 Å². The Morgan fingerprint density at radius 3 is 2.67 bits per heavy atom. The van der Waals surface area contributed by atoms with Crippen LogP contribution in [0.2, 0.25) is 0 Å². The van der Waals surface area contributed by atoms with E-state index >= 15 is 0 Å². The Morgan fingerprint density at radius 2 is 1.90 bits per heavy atom. The van der Waals surface area contributed by atoms with Crippen molar-refractivity contribution in [3.05, 3.63) is 24.3 Å². The molecule has 0 aliphatic heterocycles. The summed E-state index contributed by atoms with van der Waals surface area (Å²) in [5.41, 5.74) is 6.17. The summed E-state index contributed by atoms with van der Waals surface area (Å²) in [5, 5.41) is 0. The van der Waals surface area contributed by atoms with Crippen LogP contribution in [0.4, 0.5) is 0 Å². The second kappa shape index (κ2) is 7.27. The molecule has 21 heavy (non-hydrogen) atoms. The van der Waals surface area contributed by atoms with Crippen molar-refractivity contribution in [3.8, 4) is 5.75 Å². The zero-order chi connectivity index (χ0) is 15.3. The van der Waals surface area contributed by atoms with E-state index in [0.29, 0.717) is 17.1 Å². The Labute approximate surface area is 127 Å². The fourth-order valence-corrected chi connectivity index (χ4v) is 4.26. The van der Waals surface area contributed by atoms with Crippen LogP contribution in [0.25, 0.3) is 0 Å². The Bertz CT molecular complexity index is 556. The first-order chi connectivity index (χ1) is 10.0. The summed E-state index contributed by atoms with van der Waals surface area (Å²) in [6.45, 7) is 1.86. The van der Waals surface area contributed by atoms with E-state index in [1.54, 1.807) is 18.2 Å². The molecule has 0 amide bonds. The molecule has 1 fully saturated rings. The van der Waals surface area contributed by atoms with E-state index in [4.69, 9.17) is 10.5 Å². The molecule has 5 heteroatoms. The lowest BCUT2D eigenvalue weighted by Gasteiger charge is -2.24. The second-order valence-electron chi connectivity index (χ2n) is 5.72. The average molecular weight is 311 g/mol. The molecular formula is C16H25NO3S. The lowest BCUT2D eigenvalue weighted by atomic mass is 10.1. The smallest absolute Gasteiger partial charge is 0.182 e. The van der Waals surface area contributed by atoms with Gasteiger partial charge < -0.3 is 10.5 Å². The summed E-state index contributed by atoms with van der Waals surface area (Å²) in [7, 11) is -3.28. The Morgan fingerprint density at radius 1 is 1.19 bits per heavy atom. The van der Waals surface area contributed by atoms with Crippen LogP contribution in [0.1, 0.15) is 45.4 Å². The van der Waals surface area contributed by atoms with Gasteiger partial charge in [0.15, 0.2) is 9.84 Å². The highest BCUT2D eigenvalue weighted by molar-refractivity contribution is 7.91. The molecule has 1 aromatic carbocycles. The first-order valence-corrected chi connectivity index (χ1v) is 9.44. The van der Waals surface area contributed by atoms with Crippen LogP contribution in [0.3, 0.4) is 0 Å². The molecule has 1 saturated carbocycles. The Kier molecular flexibility index (Phi) is 5.65. The van der Waals surface area contributed by atoms with E-state index < -0.39 is 9.84 Å². The van der Waals surface area contributed by atoms with Gasteiger partial charge in [0, 0.05) is 6.04 Å². The van der Waals surface area contributed by atoms with Crippen LogP contribution in [0.15, 0.2) is 29.2 Å². The third kappa shape index (κ3) is 4.20. The van der Waals surface area contributed by atoms with Gasteiger partial charge >= 0.3 is 0 Å². The molecule has 0 aromatic heterocycles. The van der Waals surface area contributed by atoms with E-state index in [0.717, 1.165) is 25.7 Å². The number of rotatable bonds is 5. The number of para-hydroxylation sites is 1. The van der Waals surface area contributed by atoms with Crippen molar-refractivity contribution in [1.29, 1.82) is 0 Å². The number of sulfone groups is 1. The third-order valence-electron chi connectivity index (χ3n) is 3.94. The van der Waals surface area contributed by atoms with Gasteiger partial charge in [0.2, 0.25) is 0 Å². The molecule has 2 N–H and O–H groups in total. The van der Waals surface area contributed by atoms with Crippen LogP contribution in [-0.4, -0.2) is 26.3 Å². The predicted molar refractivity (Wildman–Crippen MR) is 84.3 cm³/mol. The first kappa shape index (κ1) is 16.3. The molecule has 0 heterocycles. The summed E-state index contributed by atoms with van der Waals surface area (Å²) < 4.78 is 30.7. The Balaban J connectivity index is 2.24. The van der Waals surface area contributed by atoms with Crippen LogP contribution < -0.4 is 10.5 Å². The van der Waals surface area contributed by atoms with Gasteiger partial charge in [0.1, 0.15) is 16.7 Å². The fourth-order valence-electron chi connectivity index (χ4n) is 2.79. The number of nitrogens with two attached hydrogens (primary N) is 1. The van der Waals surface area contributed by atoms with Crippen molar-refractivity contribution in [2.75, 3.05) is 5.75 Å². The highest BCUT2D eigenvalue weighted by atomic mass is 32.2. The molecule has 1 aliphatic rings. The van der Waals surface area contributed by atoms with Gasteiger partial charge in [0.25, 0.3) is 0 Å². The molecule has 0 radical (unpaired) electrons. The number of ether oxygens (including phenoxy) is 1. The van der Waals surface area contributed by atoms with E-state index in [-0.39, 0.29) is 17.9 Å². The molecule has 1 aliphatic carbocycles. The predicted octanol–water partition coefficient (Wildman–Crippen LogP) is 2.91. The van der Waals surface area contributed by atoms with Crippen molar-refractivity contribution < 1.29 is 13.2 Å². The van der Waals surface area contributed by atoms with Crippen LogP contribution in [-0.2, 0) is 9.84 Å². The zero-order valence-corrected chi connectivity index (χ0v) is 13.4. The van der Waals surface area contributed by atoms with Crippen molar-refractivity contribution in [3.63, 3.8) is 0 Å². The summed E-state index contributed by atoms with van der Waals surface area (Å²) in [5.74, 6) is 0.595. The minimum Gasteiger partial charge on any atom is -0.487 e. The molecule has 0 bridgehead atoms. The number of hydrogen-bond donors (Lipinski definition) is 1.